The van der Waals surface area contributed by atoms with E-state index in [9.17, 15) is 5.11 Å². The molecule has 1 aromatic rings. The molecule has 0 bridgehead atoms. The van der Waals surface area contributed by atoms with Gasteiger partial charge >= 0.3 is 0 Å². The minimum absolute atomic E-state index is 0.203. The largest absolute Gasteiger partial charge is 0.504 e. The standard InChI is InChI=1S/C12H16O3/c1-7(2)8-6-15-12-9(13)4-5-10(14-3)11(8)12/h4-5,7-8,13H,6H2,1-3H3. The predicted molar refractivity (Wildman–Crippen MR) is 57.7 cm³/mol. The van der Waals surface area contributed by atoms with E-state index in [0.29, 0.717) is 24.2 Å². The Kier molecular flexibility index (Phi) is 2.47. The van der Waals surface area contributed by atoms with Gasteiger partial charge in [-0.1, -0.05) is 13.8 Å². The molecular formula is C12H16O3. The number of hydrogen-bond acceptors (Lipinski definition) is 3. The normalized spacial score (nSPS) is 18.8. The van der Waals surface area contributed by atoms with Crippen molar-refractivity contribution in [1.29, 1.82) is 0 Å². The predicted octanol–water partition coefficient (Wildman–Crippen LogP) is 2.53. The van der Waals surface area contributed by atoms with Crippen LogP contribution in [0.1, 0.15) is 25.3 Å². The Morgan fingerprint density at radius 3 is 2.80 bits per heavy atom. The summed E-state index contributed by atoms with van der Waals surface area (Å²) in [6.45, 7) is 4.92. The fourth-order valence-corrected chi connectivity index (χ4v) is 2.03. The summed E-state index contributed by atoms with van der Waals surface area (Å²) in [5.74, 6) is 2.38. The molecule has 1 heterocycles. The van der Waals surface area contributed by atoms with E-state index in [0.717, 1.165) is 11.3 Å². The number of phenols is 1. The summed E-state index contributed by atoms with van der Waals surface area (Å²) >= 11 is 0. The highest BCUT2D eigenvalue weighted by atomic mass is 16.5. The molecule has 1 N–H and O–H groups in total. The van der Waals surface area contributed by atoms with Gasteiger partial charge in [0.15, 0.2) is 11.5 Å². The highest BCUT2D eigenvalue weighted by molar-refractivity contribution is 5.57. The third-order valence-corrected chi connectivity index (χ3v) is 2.94. The van der Waals surface area contributed by atoms with E-state index in [-0.39, 0.29) is 5.75 Å². The van der Waals surface area contributed by atoms with Crippen LogP contribution in [0.2, 0.25) is 0 Å². The zero-order valence-corrected chi connectivity index (χ0v) is 9.28. The number of aromatic hydroxyl groups is 1. The van der Waals surface area contributed by atoms with Gasteiger partial charge in [-0.05, 0) is 18.1 Å². The summed E-state index contributed by atoms with van der Waals surface area (Å²) in [6.07, 6.45) is 0. The second kappa shape index (κ2) is 3.65. The van der Waals surface area contributed by atoms with Crippen LogP contribution in [-0.2, 0) is 0 Å². The lowest BCUT2D eigenvalue weighted by atomic mass is 9.89. The maximum atomic E-state index is 9.67. The lowest BCUT2D eigenvalue weighted by Gasteiger charge is -2.15. The van der Waals surface area contributed by atoms with Crippen LogP contribution in [0.4, 0.5) is 0 Å². The molecule has 0 amide bonds. The summed E-state index contributed by atoms with van der Waals surface area (Å²) in [5, 5.41) is 9.67. The monoisotopic (exact) mass is 208 g/mol. The van der Waals surface area contributed by atoms with Gasteiger partial charge in [0.05, 0.1) is 13.7 Å². The quantitative estimate of drug-likeness (QED) is 0.811. The zero-order chi connectivity index (χ0) is 11.0. The van der Waals surface area contributed by atoms with Crippen molar-refractivity contribution >= 4 is 0 Å². The smallest absolute Gasteiger partial charge is 0.168 e. The molecule has 1 unspecified atom stereocenters. The fraction of sp³-hybridized carbons (Fsp3) is 0.500. The fourth-order valence-electron chi connectivity index (χ4n) is 2.03. The highest BCUT2D eigenvalue weighted by Crippen LogP contribution is 2.48. The van der Waals surface area contributed by atoms with Crippen molar-refractivity contribution in [3.05, 3.63) is 17.7 Å². The summed E-state index contributed by atoms with van der Waals surface area (Å²) in [7, 11) is 1.64. The van der Waals surface area contributed by atoms with E-state index < -0.39 is 0 Å². The summed E-state index contributed by atoms with van der Waals surface area (Å²) in [6, 6.07) is 3.40. The molecule has 0 aliphatic carbocycles. The van der Waals surface area contributed by atoms with Crippen molar-refractivity contribution in [3.8, 4) is 17.2 Å². The van der Waals surface area contributed by atoms with E-state index in [4.69, 9.17) is 9.47 Å². The van der Waals surface area contributed by atoms with Gasteiger partial charge in [0.25, 0.3) is 0 Å². The molecule has 3 nitrogen and oxygen atoms in total. The van der Waals surface area contributed by atoms with E-state index in [1.54, 1.807) is 19.2 Å². The van der Waals surface area contributed by atoms with Crippen molar-refractivity contribution < 1.29 is 14.6 Å². The number of rotatable bonds is 2. The molecule has 82 valence electrons. The molecule has 1 aromatic carbocycles. The van der Waals surface area contributed by atoms with Crippen molar-refractivity contribution in [1.82, 2.24) is 0 Å². The number of benzene rings is 1. The summed E-state index contributed by atoms with van der Waals surface area (Å²) in [4.78, 5) is 0. The van der Waals surface area contributed by atoms with Gasteiger partial charge in [0.2, 0.25) is 0 Å². The van der Waals surface area contributed by atoms with Crippen molar-refractivity contribution in [3.63, 3.8) is 0 Å². The lowest BCUT2D eigenvalue weighted by Crippen LogP contribution is -2.08. The molecule has 0 saturated heterocycles. The first-order chi connectivity index (χ1) is 7.15. The Balaban J connectivity index is 2.53. The Hall–Kier alpha value is -1.38. The number of hydrogen-bond donors (Lipinski definition) is 1. The number of ether oxygens (including phenoxy) is 2. The van der Waals surface area contributed by atoms with Crippen LogP contribution in [0.25, 0.3) is 0 Å². The minimum atomic E-state index is 0.203. The van der Waals surface area contributed by atoms with Crippen LogP contribution in [0.15, 0.2) is 12.1 Å². The van der Waals surface area contributed by atoms with Gasteiger partial charge in [-0.25, -0.2) is 0 Å². The molecule has 0 aromatic heterocycles. The molecule has 2 rings (SSSR count). The van der Waals surface area contributed by atoms with Gasteiger partial charge < -0.3 is 14.6 Å². The maximum Gasteiger partial charge on any atom is 0.168 e. The molecule has 1 atom stereocenters. The third kappa shape index (κ3) is 1.52. The second-order valence-electron chi connectivity index (χ2n) is 4.19. The first-order valence-corrected chi connectivity index (χ1v) is 5.17. The van der Waals surface area contributed by atoms with Crippen molar-refractivity contribution in [2.45, 2.75) is 19.8 Å². The molecule has 0 saturated carbocycles. The minimum Gasteiger partial charge on any atom is -0.504 e. The molecule has 0 spiro atoms. The Bertz CT molecular complexity index is 371. The molecule has 0 fully saturated rings. The first-order valence-electron chi connectivity index (χ1n) is 5.17. The number of fused-ring (bicyclic) bond motifs is 1. The van der Waals surface area contributed by atoms with Crippen molar-refractivity contribution in [2.24, 2.45) is 5.92 Å². The van der Waals surface area contributed by atoms with Crippen LogP contribution >= 0.6 is 0 Å². The Morgan fingerprint density at radius 1 is 1.47 bits per heavy atom. The van der Waals surface area contributed by atoms with Gasteiger partial charge in [-0.15, -0.1) is 0 Å². The van der Waals surface area contributed by atoms with Crippen LogP contribution in [-0.4, -0.2) is 18.8 Å². The summed E-state index contributed by atoms with van der Waals surface area (Å²) < 4.78 is 10.8. The highest BCUT2D eigenvalue weighted by Gasteiger charge is 2.32. The topological polar surface area (TPSA) is 38.7 Å². The van der Waals surface area contributed by atoms with E-state index in [1.807, 2.05) is 0 Å². The number of methoxy groups -OCH3 is 1. The third-order valence-electron chi connectivity index (χ3n) is 2.94. The van der Waals surface area contributed by atoms with Gasteiger partial charge in [-0.2, -0.15) is 0 Å². The second-order valence-corrected chi connectivity index (χ2v) is 4.19. The Labute approximate surface area is 89.6 Å². The molecular weight excluding hydrogens is 192 g/mol. The summed E-state index contributed by atoms with van der Waals surface area (Å²) in [5.41, 5.74) is 1.01. The van der Waals surface area contributed by atoms with Gasteiger partial charge in [0, 0.05) is 11.5 Å². The van der Waals surface area contributed by atoms with Crippen LogP contribution in [0.3, 0.4) is 0 Å². The van der Waals surface area contributed by atoms with E-state index in [2.05, 4.69) is 13.8 Å². The molecule has 3 heteroatoms. The average molecular weight is 208 g/mol. The van der Waals surface area contributed by atoms with E-state index in [1.165, 1.54) is 0 Å². The van der Waals surface area contributed by atoms with Crippen LogP contribution in [0, 0.1) is 5.92 Å². The lowest BCUT2D eigenvalue weighted by molar-refractivity contribution is 0.293. The SMILES string of the molecule is COc1ccc(O)c2c1C(C(C)C)CO2. The molecule has 1 aliphatic rings. The maximum absolute atomic E-state index is 9.67. The number of phenolic OH excluding ortho intramolecular Hbond substituents is 1. The van der Waals surface area contributed by atoms with Crippen molar-refractivity contribution in [2.75, 3.05) is 13.7 Å². The van der Waals surface area contributed by atoms with Gasteiger partial charge in [0.1, 0.15) is 5.75 Å². The van der Waals surface area contributed by atoms with Crippen LogP contribution in [0.5, 0.6) is 17.2 Å². The Morgan fingerprint density at radius 2 is 2.20 bits per heavy atom. The van der Waals surface area contributed by atoms with Gasteiger partial charge in [-0.3, -0.25) is 0 Å². The molecule has 1 aliphatic heterocycles. The average Bonchev–Trinajstić information content (AvgIpc) is 2.64. The van der Waals surface area contributed by atoms with E-state index >= 15 is 0 Å². The zero-order valence-electron chi connectivity index (χ0n) is 9.28. The molecule has 0 radical (unpaired) electrons. The molecule has 15 heavy (non-hydrogen) atoms. The van der Waals surface area contributed by atoms with Crippen LogP contribution < -0.4 is 9.47 Å². The first kappa shape index (κ1) is 10.1.